The lowest BCUT2D eigenvalue weighted by molar-refractivity contribution is 0.0239. The van der Waals surface area contributed by atoms with Crippen LogP contribution >= 0.6 is 0 Å². The molecule has 2 aromatic rings. The van der Waals surface area contributed by atoms with E-state index in [4.69, 9.17) is 4.74 Å². The lowest BCUT2D eigenvalue weighted by atomic mass is 10.2. The van der Waals surface area contributed by atoms with Gasteiger partial charge in [0.1, 0.15) is 6.10 Å². The maximum Gasteiger partial charge on any atom is 0.120 e. The molecule has 1 unspecified atom stereocenters. The quantitative estimate of drug-likeness (QED) is 0.839. The summed E-state index contributed by atoms with van der Waals surface area (Å²) < 4.78 is 6.98. The van der Waals surface area contributed by atoms with Crippen molar-refractivity contribution >= 4 is 0 Å². The smallest absolute Gasteiger partial charge is 0.120 e. The van der Waals surface area contributed by atoms with Crippen molar-refractivity contribution in [2.45, 2.75) is 12.7 Å². The molecule has 5 heteroatoms. The summed E-state index contributed by atoms with van der Waals surface area (Å²) in [5, 5.41) is 17.3. The van der Waals surface area contributed by atoms with E-state index in [9.17, 15) is 5.11 Å². The predicted molar refractivity (Wildman–Crippen MR) is 62.1 cm³/mol. The number of hydrogen-bond donors (Lipinski definition) is 1. The molecule has 0 aliphatic heterocycles. The highest BCUT2D eigenvalue weighted by Crippen LogP contribution is 2.11. The fraction of sp³-hybridized carbons (Fsp3) is 0.333. The third kappa shape index (κ3) is 3.12. The molecule has 0 aliphatic rings. The van der Waals surface area contributed by atoms with Gasteiger partial charge in [0.15, 0.2) is 0 Å². The minimum Gasteiger partial charge on any atom is -0.384 e. The molecule has 5 nitrogen and oxygen atoms in total. The Kier molecular flexibility index (Phi) is 3.85. The van der Waals surface area contributed by atoms with Gasteiger partial charge in [0, 0.05) is 7.05 Å². The predicted octanol–water partition coefficient (Wildman–Crippen LogP) is 1.07. The van der Waals surface area contributed by atoms with Gasteiger partial charge < -0.3 is 9.84 Å². The molecule has 1 heterocycles. The van der Waals surface area contributed by atoms with Gasteiger partial charge in [0.2, 0.25) is 0 Å². The number of aliphatic hydroxyl groups excluding tert-OH is 1. The van der Waals surface area contributed by atoms with Crippen molar-refractivity contribution in [2.75, 3.05) is 6.61 Å². The Morgan fingerprint density at radius 2 is 2.12 bits per heavy atom. The normalized spacial score (nSPS) is 12.6. The molecule has 0 saturated heterocycles. The van der Waals surface area contributed by atoms with Crippen LogP contribution in [0.5, 0.6) is 0 Å². The average molecular weight is 233 g/mol. The molecule has 2 rings (SSSR count). The molecular formula is C12H15N3O2. The topological polar surface area (TPSA) is 60.2 Å². The van der Waals surface area contributed by atoms with Gasteiger partial charge in [-0.3, -0.25) is 0 Å². The molecule has 1 aromatic heterocycles. The van der Waals surface area contributed by atoms with Crippen LogP contribution in [-0.2, 0) is 18.4 Å². The summed E-state index contributed by atoms with van der Waals surface area (Å²) in [5.74, 6) is 0. The van der Waals surface area contributed by atoms with E-state index in [1.807, 2.05) is 30.3 Å². The van der Waals surface area contributed by atoms with Crippen LogP contribution in [0.3, 0.4) is 0 Å². The van der Waals surface area contributed by atoms with Gasteiger partial charge in [-0.25, -0.2) is 4.68 Å². The van der Waals surface area contributed by atoms with E-state index in [1.54, 1.807) is 7.05 Å². The SMILES string of the molecule is Cn1nncc1C(O)COCc1ccccc1. The monoisotopic (exact) mass is 233 g/mol. The molecule has 0 fully saturated rings. The molecule has 0 radical (unpaired) electrons. The highest BCUT2D eigenvalue weighted by molar-refractivity contribution is 5.13. The van der Waals surface area contributed by atoms with E-state index in [-0.39, 0.29) is 6.61 Å². The Balaban J connectivity index is 1.81. The highest BCUT2D eigenvalue weighted by Gasteiger charge is 2.12. The van der Waals surface area contributed by atoms with Crippen LogP contribution in [0.4, 0.5) is 0 Å². The second kappa shape index (κ2) is 5.56. The molecule has 1 N–H and O–H groups in total. The van der Waals surface area contributed by atoms with E-state index in [2.05, 4.69) is 10.3 Å². The Labute approximate surface area is 99.7 Å². The number of benzene rings is 1. The molecule has 90 valence electrons. The zero-order valence-corrected chi connectivity index (χ0v) is 9.65. The highest BCUT2D eigenvalue weighted by atomic mass is 16.5. The van der Waals surface area contributed by atoms with Crippen molar-refractivity contribution in [1.82, 2.24) is 15.0 Å². The third-order valence-electron chi connectivity index (χ3n) is 2.48. The largest absolute Gasteiger partial charge is 0.384 e. The first-order valence-electron chi connectivity index (χ1n) is 5.41. The number of aliphatic hydroxyl groups is 1. The summed E-state index contributed by atoms with van der Waals surface area (Å²) >= 11 is 0. The van der Waals surface area contributed by atoms with Crippen molar-refractivity contribution in [3.63, 3.8) is 0 Å². The van der Waals surface area contributed by atoms with E-state index in [1.165, 1.54) is 10.9 Å². The number of aryl methyl sites for hydroxylation is 1. The molecule has 0 amide bonds. The Hall–Kier alpha value is -1.72. The lowest BCUT2D eigenvalue weighted by Crippen LogP contribution is -2.11. The molecule has 0 bridgehead atoms. The van der Waals surface area contributed by atoms with E-state index < -0.39 is 6.10 Å². The first-order chi connectivity index (χ1) is 8.27. The zero-order chi connectivity index (χ0) is 12.1. The molecule has 17 heavy (non-hydrogen) atoms. The molecule has 0 aliphatic carbocycles. The summed E-state index contributed by atoms with van der Waals surface area (Å²) in [6, 6.07) is 9.84. The second-order valence-electron chi connectivity index (χ2n) is 3.80. The van der Waals surface area contributed by atoms with Gasteiger partial charge in [-0.05, 0) is 5.56 Å². The van der Waals surface area contributed by atoms with Crippen molar-refractivity contribution in [1.29, 1.82) is 0 Å². The number of nitrogens with zero attached hydrogens (tertiary/aromatic N) is 3. The maximum absolute atomic E-state index is 9.84. The zero-order valence-electron chi connectivity index (χ0n) is 9.65. The minimum atomic E-state index is -0.696. The fourth-order valence-electron chi connectivity index (χ4n) is 1.55. The summed E-state index contributed by atoms with van der Waals surface area (Å²) in [5.41, 5.74) is 1.74. The van der Waals surface area contributed by atoms with Gasteiger partial charge in [-0.15, -0.1) is 5.10 Å². The molecular weight excluding hydrogens is 218 g/mol. The first-order valence-corrected chi connectivity index (χ1v) is 5.41. The maximum atomic E-state index is 9.84. The first kappa shape index (κ1) is 11.8. The van der Waals surface area contributed by atoms with E-state index in [0.717, 1.165) is 5.56 Å². The van der Waals surface area contributed by atoms with Crippen molar-refractivity contribution in [3.05, 3.63) is 47.8 Å². The van der Waals surface area contributed by atoms with E-state index >= 15 is 0 Å². The molecule has 1 atom stereocenters. The van der Waals surface area contributed by atoms with Crippen molar-refractivity contribution in [3.8, 4) is 0 Å². The Bertz CT molecular complexity index is 456. The second-order valence-corrected chi connectivity index (χ2v) is 3.80. The number of rotatable bonds is 5. The van der Waals surface area contributed by atoms with Crippen molar-refractivity contribution in [2.24, 2.45) is 7.05 Å². The van der Waals surface area contributed by atoms with Crippen LogP contribution in [0.1, 0.15) is 17.4 Å². The average Bonchev–Trinajstić information content (AvgIpc) is 2.77. The fourth-order valence-corrected chi connectivity index (χ4v) is 1.55. The van der Waals surface area contributed by atoms with Gasteiger partial charge in [-0.1, -0.05) is 35.5 Å². The van der Waals surface area contributed by atoms with Crippen LogP contribution in [0.15, 0.2) is 36.5 Å². The summed E-state index contributed by atoms with van der Waals surface area (Å²) in [6.45, 7) is 0.722. The van der Waals surface area contributed by atoms with Crippen LogP contribution in [-0.4, -0.2) is 26.7 Å². The van der Waals surface area contributed by atoms with Gasteiger partial charge in [0.05, 0.1) is 25.1 Å². The third-order valence-corrected chi connectivity index (χ3v) is 2.48. The number of hydrogen-bond acceptors (Lipinski definition) is 4. The standard InChI is InChI=1S/C12H15N3O2/c1-15-11(7-13-14-15)12(16)9-17-8-10-5-3-2-4-6-10/h2-7,12,16H,8-9H2,1H3. The minimum absolute atomic E-state index is 0.232. The molecule has 0 spiro atoms. The number of ether oxygens (including phenoxy) is 1. The van der Waals surface area contributed by atoms with Crippen LogP contribution in [0.25, 0.3) is 0 Å². The Morgan fingerprint density at radius 1 is 1.35 bits per heavy atom. The summed E-state index contributed by atoms with van der Waals surface area (Å²) in [4.78, 5) is 0. The summed E-state index contributed by atoms with van der Waals surface area (Å²) in [6.07, 6.45) is 0.843. The van der Waals surface area contributed by atoms with Gasteiger partial charge in [0.25, 0.3) is 0 Å². The van der Waals surface area contributed by atoms with Crippen molar-refractivity contribution < 1.29 is 9.84 Å². The van der Waals surface area contributed by atoms with Crippen LogP contribution in [0.2, 0.25) is 0 Å². The number of aromatic nitrogens is 3. The van der Waals surface area contributed by atoms with Crippen LogP contribution < -0.4 is 0 Å². The lowest BCUT2D eigenvalue weighted by Gasteiger charge is -2.10. The summed E-state index contributed by atoms with van der Waals surface area (Å²) in [7, 11) is 1.74. The Morgan fingerprint density at radius 3 is 2.76 bits per heavy atom. The molecule has 1 aromatic carbocycles. The van der Waals surface area contributed by atoms with Gasteiger partial charge >= 0.3 is 0 Å². The van der Waals surface area contributed by atoms with Crippen LogP contribution in [0, 0.1) is 0 Å². The van der Waals surface area contributed by atoms with Gasteiger partial charge in [-0.2, -0.15) is 0 Å². The van der Waals surface area contributed by atoms with E-state index in [0.29, 0.717) is 12.3 Å². The molecule has 0 saturated carbocycles.